The van der Waals surface area contributed by atoms with Gasteiger partial charge in [0.2, 0.25) is 0 Å². The van der Waals surface area contributed by atoms with Crippen molar-refractivity contribution in [3.63, 3.8) is 0 Å². The van der Waals surface area contributed by atoms with E-state index in [2.05, 4.69) is 33.4 Å². The summed E-state index contributed by atoms with van der Waals surface area (Å²) < 4.78 is 0. The lowest BCUT2D eigenvalue weighted by Gasteiger charge is -2.02. The molecule has 0 aromatic heterocycles. The predicted molar refractivity (Wildman–Crippen MR) is 55.7 cm³/mol. The topological polar surface area (TPSA) is 0 Å². The van der Waals surface area contributed by atoms with E-state index in [1.54, 1.807) is 5.57 Å². The SMILES string of the molecule is CC[CH]SCCC(C)=C(C)C. The summed E-state index contributed by atoms with van der Waals surface area (Å²) in [5.41, 5.74) is 3.02. The highest BCUT2D eigenvalue weighted by molar-refractivity contribution is 8.01. The van der Waals surface area contributed by atoms with Crippen LogP contribution in [0.1, 0.15) is 40.5 Å². The van der Waals surface area contributed by atoms with Crippen LogP contribution in [0.3, 0.4) is 0 Å². The Labute approximate surface area is 75.5 Å². The highest BCUT2D eigenvalue weighted by Gasteiger charge is 1.92. The fourth-order valence-electron chi connectivity index (χ4n) is 0.663. The fourth-order valence-corrected chi connectivity index (χ4v) is 1.49. The minimum absolute atomic E-state index is 1.18. The molecule has 0 spiro atoms. The van der Waals surface area contributed by atoms with Gasteiger partial charge in [0, 0.05) is 5.75 Å². The summed E-state index contributed by atoms with van der Waals surface area (Å²) in [5, 5.41) is 0. The van der Waals surface area contributed by atoms with Gasteiger partial charge < -0.3 is 0 Å². The average Bonchev–Trinajstić information content (AvgIpc) is 1.97. The Balaban J connectivity index is 3.32. The van der Waals surface area contributed by atoms with Gasteiger partial charge in [-0.1, -0.05) is 18.1 Å². The molecule has 0 atom stereocenters. The molecular weight excluding hydrogens is 152 g/mol. The zero-order chi connectivity index (χ0) is 8.69. The quantitative estimate of drug-likeness (QED) is 0.444. The number of hydrogen-bond acceptors (Lipinski definition) is 1. The summed E-state index contributed by atoms with van der Waals surface area (Å²) in [5.74, 6) is 3.52. The van der Waals surface area contributed by atoms with E-state index in [-0.39, 0.29) is 0 Å². The standard InChI is InChI=1S/C10H19S/c1-5-7-11-8-6-10(4)9(2)3/h7H,5-6,8H2,1-4H3. The number of hydrogen-bond donors (Lipinski definition) is 0. The van der Waals surface area contributed by atoms with Gasteiger partial charge in [0.15, 0.2) is 0 Å². The summed E-state index contributed by atoms with van der Waals surface area (Å²) in [6, 6.07) is 0. The first-order valence-corrected chi connectivity index (χ1v) is 5.29. The Morgan fingerprint density at radius 1 is 1.27 bits per heavy atom. The second kappa shape index (κ2) is 6.78. The van der Waals surface area contributed by atoms with Gasteiger partial charge in [0.05, 0.1) is 0 Å². The van der Waals surface area contributed by atoms with Crippen LogP contribution in [0.2, 0.25) is 0 Å². The van der Waals surface area contributed by atoms with E-state index in [1.807, 2.05) is 11.8 Å². The van der Waals surface area contributed by atoms with Crippen LogP contribution < -0.4 is 0 Å². The molecule has 0 aromatic rings. The van der Waals surface area contributed by atoms with E-state index in [4.69, 9.17) is 0 Å². The third-order valence-electron chi connectivity index (χ3n) is 1.73. The minimum atomic E-state index is 1.18. The molecule has 0 fully saturated rings. The van der Waals surface area contributed by atoms with Gasteiger partial charge in [0.1, 0.15) is 0 Å². The Morgan fingerprint density at radius 2 is 1.91 bits per heavy atom. The molecule has 1 radical (unpaired) electrons. The lowest BCUT2D eigenvalue weighted by Crippen LogP contribution is -1.84. The zero-order valence-corrected chi connectivity index (χ0v) is 8.92. The van der Waals surface area contributed by atoms with Gasteiger partial charge in [-0.25, -0.2) is 0 Å². The molecular formula is C10H19S. The molecule has 0 rings (SSSR count). The van der Waals surface area contributed by atoms with Crippen LogP contribution in [0.15, 0.2) is 11.1 Å². The Morgan fingerprint density at radius 3 is 2.36 bits per heavy atom. The number of allylic oxidation sites excluding steroid dienone is 2. The molecule has 1 heteroatoms. The molecule has 0 amide bonds. The zero-order valence-electron chi connectivity index (χ0n) is 8.11. The Kier molecular flexibility index (Phi) is 6.83. The van der Waals surface area contributed by atoms with Crippen molar-refractivity contribution >= 4 is 11.8 Å². The van der Waals surface area contributed by atoms with Crippen LogP contribution >= 0.6 is 11.8 Å². The van der Waals surface area contributed by atoms with E-state index in [0.29, 0.717) is 0 Å². The molecule has 0 nitrogen and oxygen atoms in total. The average molecular weight is 171 g/mol. The maximum atomic E-state index is 2.28. The van der Waals surface area contributed by atoms with Crippen molar-refractivity contribution in [1.82, 2.24) is 0 Å². The third kappa shape index (κ3) is 6.49. The van der Waals surface area contributed by atoms with Crippen LogP contribution in [0.4, 0.5) is 0 Å². The van der Waals surface area contributed by atoms with Crippen LogP contribution in [-0.4, -0.2) is 5.75 Å². The molecule has 0 bridgehead atoms. The molecule has 0 aromatic carbocycles. The molecule has 0 saturated heterocycles. The Bertz CT molecular complexity index is 121. The Hall–Kier alpha value is 0.0900. The minimum Gasteiger partial charge on any atom is -0.157 e. The van der Waals surface area contributed by atoms with E-state index < -0.39 is 0 Å². The van der Waals surface area contributed by atoms with Gasteiger partial charge in [-0.3, -0.25) is 0 Å². The fraction of sp³-hybridized carbons (Fsp3) is 0.700. The molecule has 0 unspecified atom stereocenters. The van der Waals surface area contributed by atoms with Gasteiger partial charge >= 0.3 is 0 Å². The van der Waals surface area contributed by atoms with Gasteiger partial charge in [-0.2, -0.15) is 11.8 Å². The van der Waals surface area contributed by atoms with Crippen LogP contribution in [0, 0.1) is 5.75 Å². The third-order valence-corrected chi connectivity index (χ3v) is 2.74. The number of rotatable bonds is 5. The lowest BCUT2D eigenvalue weighted by molar-refractivity contribution is 1.06. The first-order chi connectivity index (χ1) is 5.18. The van der Waals surface area contributed by atoms with Crippen molar-refractivity contribution < 1.29 is 0 Å². The second-order valence-corrected chi connectivity index (χ2v) is 4.05. The van der Waals surface area contributed by atoms with Gasteiger partial charge in [-0.05, 0) is 39.4 Å². The van der Waals surface area contributed by atoms with Gasteiger partial charge in [0.25, 0.3) is 0 Å². The van der Waals surface area contributed by atoms with Crippen molar-refractivity contribution in [2.45, 2.75) is 40.5 Å². The van der Waals surface area contributed by atoms with Crippen molar-refractivity contribution in [2.24, 2.45) is 0 Å². The molecule has 0 heterocycles. The normalized spacial score (nSPS) is 9.82. The largest absolute Gasteiger partial charge is 0.157 e. The highest BCUT2D eigenvalue weighted by atomic mass is 32.2. The predicted octanol–water partition coefficient (Wildman–Crippen LogP) is 4.04. The molecule has 0 aliphatic rings. The van der Waals surface area contributed by atoms with Crippen molar-refractivity contribution in [1.29, 1.82) is 0 Å². The monoisotopic (exact) mass is 171 g/mol. The summed E-state index contributed by atoms with van der Waals surface area (Å²) in [4.78, 5) is 0. The summed E-state index contributed by atoms with van der Waals surface area (Å²) in [6.07, 6.45) is 2.42. The van der Waals surface area contributed by atoms with E-state index in [1.165, 1.54) is 24.2 Å². The molecule has 11 heavy (non-hydrogen) atoms. The molecule has 65 valence electrons. The van der Waals surface area contributed by atoms with Crippen molar-refractivity contribution in [2.75, 3.05) is 5.75 Å². The van der Waals surface area contributed by atoms with Crippen LogP contribution in [-0.2, 0) is 0 Å². The van der Waals surface area contributed by atoms with Crippen LogP contribution in [0.5, 0.6) is 0 Å². The molecule has 0 aliphatic carbocycles. The maximum absolute atomic E-state index is 2.28. The van der Waals surface area contributed by atoms with Crippen molar-refractivity contribution in [3.8, 4) is 0 Å². The summed E-state index contributed by atoms with van der Waals surface area (Å²) in [7, 11) is 0. The summed E-state index contributed by atoms with van der Waals surface area (Å²) in [6.45, 7) is 8.77. The lowest BCUT2D eigenvalue weighted by atomic mass is 10.1. The molecule has 0 saturated carbocycles. The first kappa shape index (κ1) is 11.1. The van der Waals surface area contributed by atoms with Gasteiger partial charge in [-0.15, -0.1) is 0 Å². The number of thioether (sulfide) groups is 1. The second-order valence-electron chi connectivity index (χ2n) is 2.98. The highest BCUT2D eigenvalue weighted by Crippen LogP contribution is 2.14. The van der Waals surface area contributed by atoms with E-state index >= 15 is 0 Å². The van der Waals surface area contributed by atoms with Crippen molar-refractivity contribution in [3.05, 3.63) is 16.9 Å². The smallest absolute Gasteiger partial charge is 0.0163 e. The van der Waals surface area contributed by atoms with E-state index in [9.17, 15) is 0 Å². The van der Waals surface area contributed by atoms with Crippen LogP contribution in [0.25, 0.3) is 0 Å². The maximum Gasteiger partial charge on any atom is 0.0163 e. The summed E-state index contributed by atoms with van der Waals surface area (Å²) >= 11 is 1.94. The molecule has 0 N–H and O–H groups in total. The molecule has 0 aliphatic heterocycles. The first-order valence-electron chi connectivity index (χ1n) is 4.24. The van der Waals surface area contributed by atoms with E-state index in [0.717, 1.165) is 0 Å².